The molecule has 0 aromatic carbocycles. The third-order valence-electron chi connectivity index (χ3n) is 3.01. The summed E-state index contributed by atoms with van der Waals surface area (Å²) in [4.78, 5) is 13.4. The highest BCUT2D eigenvalue weighted by molar-refractivity contribution is 5.69. The minimum Gasteiger partial charge on any atom is -0.466 e. The molecule has 5 heteroatoms. The van der Waals surface area contributed by atoms with Gasteiger partial charge in [0.1, 0.15) is 0 Å². The lowest BCUT2D eigenvalue weighted by Crippen LogP contribution is -2.33. The Labute approximate surface area is 103 Å². The van der Waals surface area contributed by atoms with Crippen molar-refractivity contribution in [2.45, 2.75) is 25.9 Å². The maximum atomic E-state index is 11.1. The van der Waals surface area contributed by atoms with Gasteiger partial charge < -0.3 is 20.1 Å². The number of likely N-dealkylation sites (tertiary alicyclic amines) is 1. The number of hydrogen-bond acceptors (Lipinski definition) is 5. The molecule has 0 saturated carbocycles. The van der Waals surface area contributed by atoms with Gasteiger partial charge in [0, 0.05) is 13.1 Å². The molecule has 5 nitrogen and oxygen atoms in total. The van der Waals surface area contributed by atoms with Crippen molar-refractivity contribution < 1.29 is 14.6 Å². The van der Waals surface area contributed by atoms with Gasteiger partial charge in [-0.25, -0.2) is 0 Å². The summed E-state index contributed by atoms with van der Waals surface area (Å²) in [5.41, 5.74) is 0. The highest BCUT2D eigenvalue weighted by Crippen LogP contribution is 2.12. The molecule has 0 amide bonds. The SMILES string of the molecule is CCOC(=O)CC(O)CNCC1CCN(C)C1. The molecule has 2 N–H and O–H groups in total. The van der Waals surface area contributed by atoms with E-state index in [4.69, 9.17) is 4.74 Å². The van der Waals surface area contributed by atoms with Crippen LogP contribution >= 0.6 is 0 Å². The first-order valence-corrected chi connectivity index (χ1v) is 6.34. The number of aliphatic hydroxyl groups is 1. The van der Waals surface area contributed by atoms with Crippen molar-refractivity contribution in [1.82, 2.24) is 10.2 Å². The average Bonchev–Trinajstić information content (AvgIpc) is 2.64. The lowest BCUT2D eigenvalue weighted by molar-refractivity contribution is -0.145. The number of carbonyl (C=O) groups excluding carboxylic acids is 1. The van der Waals surface area contributed by atoms with Crippen molar-refractivity contribution in [2.24, 2.45) is 5.92 Å². The van der Waals surface area contributed by atoms with Crippen LogP contribution in [0.4, 0.5) is 0 Å². The van der Waals surface area contributed by atoms with Crippen molar-refractivity contribution in [3.05, 3.63) is 0 Å². The summed E-state index contributed by atoms with van der Waals surface area (Å²) >= 11 is 0. The van der Waals surface area contributed by atoms with Gasteiger partial charge in [0.25, 0.3) is 0 Å². The molecule has 1 aliphatic heterocycles. The molecule has 0 radical (unpaired) electrons. The van der Waals surface area contributed by atoms with E-state index in [-0.39, 0.29) is 12.4 Å². The summed E-state index contributed by atoms with van der Waals surface area (Å²) in [7, 11) is 2.12. The van der Waals surface area contributed by atoms with E-state index in [2.05, 4.69) is 17.3 Å². The molecule has 0 aromatic rings. The Bertz CT molecular complexity index is 236. The molecular weight excluding hydrogens is 220 g/mol. The Hall–Kier alpha value is -0.650. The number of carbonyl (C=O) groups is 1. The smallest absolute Gasteiger partial charge is 0.308 e. The van der Waals surface area contributed by atoms with Crippen LogP contribution in [0.25, 0.3) is 0 Å². The number of hydrogen-bond donors (Lipinski definition) is 2. The van der Waals surface area contributed by atoms with Crippen LogP contribution in [0.3, 0.4) is 0 Å². The summed E-state index contributed by atoms with van der Waals surface area (Å²) in [5.74, 6) is 0.331. The molecule has 1 aliphatic rings. The number of rotatable bonds is 7. The quantitative estimate of drug-likeness (QED) is 0.610. The highest BCUT2D eigenvalue weighted by Gasteiger charge is 2.19. The van der Waals surface area contributed by atoms with Gasteiger partial charge in [-0.05, 0) is 39.4 Å². The normalized spacial score (nSPS) is 22.6. The Morgan fingerprint density at radius 1 is 1.65 bits per heavy atom. The number of nitrogens with one attached hydrogen (secondary N) is 1. The lowest BCUT2D eigenvalue weighted by atomic mass is 10.1. The van der Waals surface area contributed by atoms with Gasteiger partial charge in [0.2, 0.25) is 0 Å². The molecule has 0 aliphatic carbocycles. The molecule has 2 unspecified atom stereocenters. The van der Waals surface area contributed by atoms with Crippen molar-refractivity contribution in [2.75, 3.05) is 39.8 Å². The van der Waals surface area contributed by atoms with Gasteiger partial charge in [-0.3, -0.25) is 4.79 Å². The first kappa shape index (κ1) is 14.4. The molecule has 100 valence electrons. The van der Waals surface area contributed by atoms with Crippen LogP contribution in [0.1, 0.15) is 19.8 Å². The van der Waals surface area contributed by atoms with E-state index < -0.39 is 6.10 Å². The second-order valence-electron chi connectivity index (χ2n) is 4.74. The predicted molar refractivity (Wildman–Crippen MR) is 65.7 cm³/mol. The van der Waals surface area contributed by atoms with E-state index in [0.29, 0.717) is 19.1 Å². The van der Waals surface area contributed by atoms with Crippen LogP contribution in [0.15, 0.2) is 0 Å². The van der Waals surface area contributed by atoms with Gasteiger partial charge in [-0.1, -0.05) is 0 Å². The first-order chi connectivity index (χ1) is 8.11. The van der Waals surface area contributed by atoms with Crippen molar-refractivity contribution >= 4 is 5.97 Å². The van der Waals surface area contributed by atoms with E-state index in [1.807, 2.05) is 0 Å². The van der Waals surface area contributed by atoms with Crippen LogP contribution in [0.2, 0.25) is 0 Å². The van der Waals surface area contributed by atoms with E-state index in [1.54, 1.807) is 6.92 Å². The van der Waals surface area contributed by atoms with Crippen LogP contribution in [-0.4, -0.2) is 61.9 Å². The lowest BCUT2D eigenvalue weighted by Gasteiger charge is -2.14. The Balaban J connectivity index is 2.03. The zero-order valence-electron chi connectivity index (χ0n) is 10.8. The zero-order valence-corrected chi connectivity index (χ0v) is 10.8. The van der Waals surface area contributed by atoms with Gasteiger partial charge in [-0.15, -0.1) is 0 Å². The van der Waals surface area contributed by atoms with E-state index >= 15 is 0 Å². The predicted octanol–water partition coefficient (Wildman–Crippen LogP) is -0.158. The molecule has 0 aromatic heterocycles. The van der Waals surface area contributed by atoms with E-state index in [9.17, 15) is 9.90 Å². The molecule has 1 rings (SSSR count). The molecule has 17 heavy (non-hydrogen) atoms. The standard InChI is InChI=1S/C12H24N2O3/c1-3-17-12(16)6-11(15)8-13-7-10-4-5-14(2)9-10/h10-11,13,15H,3-9H2,1-2H3. The third-order valence-corrected chi connectivity index (χ3v) is 3.01. The fraction of sp³-hybridized carbons (Fsp3) is 0.917. The average molecular weight is 244 g/mol. The van der Waals surface area contributed by atoms with Crippen molar-refractivity contribution in [3.63, 3.8) is 0 Å². The molecule has 1 fully saturated rings. The number of aliphatic hydroxyl groups excluding tert-OH is 1. The fourth-order valence-corrected chi connectivity index (χ4v) is 2.13. The minimum absolute atomic E-state index is 0.0748. The Morgan fingerprint density at radius 2 is 2.41 bits per heavy atom. The topological polar surface area (TPSA) is 61.8 Å². The van der Waals surface area contributed by atoms with Gasteiger partial charge >= 0.3 is 5.97 Å². The molecule has 0 spiro atoms. The summed E-state index contributed by atoms with van der Waals surface area (Å²) in [6, 6.07) is 0. The van der Waals surface area contributed by atoms with Gasteiger partial charge in [-0.2, -0.15) is 0 Å². The number of esters is 1. The molecular formula is C12H24N2O3. The maximum Gasteiger partial charge on any atom is 0.308 e. The van der Waals surface area contributed by atoms with Crippen LogP contribution in [-0.2, 0) is 9.53 Å². The largest absolute Gasteiger partial charge is 0.466 e. The van der Waals surface area contributed by atoms with Gasteiger partial charge in [0.15, 0.2) is 0 Å². The maximum absolute atomic E-state index is 11.1. The monoisotopic (exact) mass is 244 g/mol. The van der Waals surface area contributed by atoms with Crippen LogP contribution in [0.5, 0.6) is 0 Å². The zero-order chi connectivity index (χ0) is 12.7. The molecule has 1 saturated heterocycles. The molecule has 0 bridgehead atoms. The van der Waals surface area contributed by atoms with E-state index in [0.717, 1.165) is 19.6 Å². The summed E-state index contributed by atoms with van der Waals surface area (Å²) in [5, 5.41) is 12.8. The summed E-state index contributed by atoms with van der Waals surface area (Å²) in [6.45, 7) is 5.76. The number of nitrogens with zero attached hydrogens (tertiary/aromatic N) is 1. The summed E-state index contributed by atoms with van der Waals surface area (Å²) < 4.78 is 4.77. The minimum atomic E-state index is -0.645. The Morgan fingerprint density at radius 3 is 3.00 bits per heavy atom. The van der Waals surface area contributed by atoms with Crippen molar-refractivity contribution in [1.29, 1.82) is 0 Å². The van der Waals surface area contributed by atoms with E-state index in [1.165, 1.54) is 6.42 Å². The Kier molecular flexibility index (Phi) is 6.47. The number of ether oxygens (including phenoxy) is 1. The van der Waals surface area contributed by atoms with Crippen molar-refractivity contribution in [3.8, 4) is 0 Å². The van der Waals surface area contributed by atoms with Crippen LogP contribution < -0.4 is 5.32 Å². The second-order valence-corrected chi connectivity index (χ2v) is 4.74. The third kappa shape index (κ3) is 6.00. The molecule has 1 heterocycles. The fourth-order valence-electron chi connectivity index (χ4n) is 2.13. The summed E-state index contributed by atoms with van der Waals surface area (Å²) in [6.07, 6.45) is 0.635. The molecule has 2 atom stereocenters. The second kappa shape index (κ2) is 7.63. The van der Waals surface area contributed by atoms with Gasteiger partial charge in [0.05, 0.1) is 19.1 Å². The van der Waals surface area contributed by atoms with Crippen LogP contribution in [0, 0.1) is 5.92 Å². The highest BCUT2D eigenvalue weighted by atomic mass is 16.5. The first-order valence-electron chi connectivity index (χ1n) is 6.34.